The number of nitrogens with one attached hydrogen (secondary N) is 2. The van der Waals surface area contributed by atoms with Crippen molar-refractivity contribution in [3.63, 3.8) is 0 Å². The van der Waals surface area contributed by atoms with Crippen molar-refractivity contribution in [2.45, 2.75) is 0 Å². The molecule has 2 heterocycles. The molecular formula is C15H11N5O3S. The second-order valence-corrected chi connectivity index (χ2v) is 5.64. The van der Waals surface area contributed by atoms with Crippen molar-refractivity contribution >= 4 is 29.1 Å². The van der Waals surface area contributed by atoms with Crippen molar-refractivity contribution in [1.82, 2.24) is 15.6 Å². The van der Waals surface area contributed by atoms with E-state index in [1.165, 1.54) is 41.8 Å². The van der Waals surface area contributed by atoms with Gasteiger partial charge in [0.15, 0.2) is 5.69 Å². The van der Waals surface area contributed by atoms with Crippen LogP contribution in [0.15, 0.2) is 52.9 Å². The molecule has 0 unspecified atom stereocenters. The lowest BCUT2D eigenvalue weighted by atomic mass is 10.2. The second-order valence-electron chi connectivity index (χ2n) is 4.69. The van der Waals surface area contributed by atoms with Gasteiger partial charge in [0.2, 0.25) is 0 Å². The van der Waals surface area contributed by atoms with Gasteiger partial charge in [-0.2, -0.15) is 10.2 Å². The van der Waals surface area contributed by atoms with Crippen LogP contribution in [-0.2, 0) is 0 Å². The Morgan fingerprint density at radius 3 is 2.79 bits per heavy atom. The first-order valence-corrected chi connectivity index (χ1v) is 7.68. The Bertz CT molecular complexity index is 884. The number of aromatic nitrogens is 2. The highest BCUT2D eigenvalue weighted by Crippen LogP contribution is 2.22. The number of nitro benzene ring substituents is 1. The summed E-state index contributed by atoms with van der Waals surface area (Å²) in [5, 5.41) is 23.1. The number of non-ortho nitro benzene ring substituents is 1. The maximum Gasteiger partial charge on any atom is 0.291 e. The third-order valence-electron chi connectivity index (χ3n) is 3.08. The van der Waals surface area contributed by atoms with Crippen LogP contribution in [0.1, 0.15) is 16.1 Å². The van der Waals surface area contributed by atoms with Crippen LogP contribution in [0.4, 0.5) is 5.69 Å². The Balaban J connectivity index is 1.62. The predicted molar refractivity (Wildman–Crippen MR) is 90.1 cm³/mol. The highest BCUT2D eigenvalue weighted by Gasteiger charge is 2.11. The first-order valence-electron chi connectivity index (χ1n) is 6.80. The van der Waals surface area contributed by atoms with E-state index in [9.17, 15) is 14.9 Å². The molecule has 3 rings (SSSR count). The smallest absolute Gasteiger partial charge is 0.276 e. The summed E-state index contributed by atoms with van der Waals surface area (Å²) in [6.07, 6.45) is 1.40. The Kier molecular flexibility index (Phi) is 4.43. The van der Waals surface area contributed by atoms with Gasteiger partial charge in [0.05, 0.1) is 21.7 Å². The highest BCUT2D eigenvalue weighted by atomic mass is 32.1. The Hall–Kier alpha value is -3.33. The lowest BCUT2D eigenvalue weighted by Gasteiger charge is -1.95. The number of carbonyl (C=O) groups excluding carboxylic acids is 1. The zero-order valence-electron chi connectivity index (χ0n) is 12.2. The molecule has 2 N–H and O–H groups in total. The van der Waals surface area contributed by atoms with Gasteiger partial charge >= 0.3 is 0 Å². The van der Waals surface area contributed by atoms with E-state index in [4.69, 9.17) is 0 Å². The number of hydrogen-bond acceptors (Lipinski definition) is 6. The molecule has 0 spiro atoms. The Morgan fingerprint density at radius 2 is 2.12 bits per heavy atom. The number of H-pyrrole nitrogens is 1. The maximum absolute atomic E-state index is 12.0. The number of aromatic amines is 1. The molecule has 0 radical (unpaired) electrons. The summed E-state index contributed by atoms with van der Waals surface area (Å²) in [7, 11) is 0. The monoisotopic (exact) mass is 341 g/mol. The number of amides is 1. The minimum absolute atomic E-state index is 0.00573. The molecule has 0 saturated carbocycles. The summed E-state index contributed by atoms with van der Waals surface area (Å²) < 4.78 is 0. The fourth-order valence-electron chi connectivity index (χ4n) is 1.90. The van der Waals surface area contributed by atoms with Crippen molar-refractivity contribution in [3.8, 4) is 10.6 Å². The molecule has 0 saturated heterocycles. The van der Waals surface area contributed by atoms with Gasteiger partial charge in [-0.15, -0.1) is 11.3 Å². The minimum atomic E-state index is -0.481. The second kappa shape index (κ2) is 6.84. The van der Waals surface area contributed by atoms with E-state index in [2.05, 4.69) is 20.7 Å². The SMILES string of the molecule is O=C(NN=Cc1ccc([N+](=O)[O-])cc1)c1cc(-c2cccs2)[nH]n1. The van der Waals surface area contributed by atoms with Gasteiger partial charge in [-0.3, -0.25) is 20.0 Å². The highest BCUT2D eigenvalue weighted by molar-refractivity contribution is 7.13. The maximum atomic E-state index is 12.0. The molecule has 1 amide bonds. The van der Waals surface area contributed by atoms with E-state index < -0.39 is 10.8 Å². The van der Waals surface area contributed by atoms with Gasteiger partial charge in [0.1, 0.15) is 0 Å². The van der Waals surface area contributed by atoms with Crippen LogP contribution < -0.4 is 5.43 Å². The lowest BCUT2D eigenvalue weighted by molar-refractivity contribution is -0.384. The molecule has 0 aliphatic rings. The van der Waals surface area contributed by atoms with Crippen molar-refractivity contribution in [1.29, 1.82) is 0 Å². The van der Waals surface area contributed by atoms with Gasteiger partial charge in [0.25, 0.3) is 11.6 Å². The molecule has 0 fully saturated rings. The van der Waals surface area contributed by atoms with E-state index >= 15 is 0 Å². The molecule has 24 heavy (non-hydrogen) atoms. The van der Waals surface area contributed by atoms with Crippen molar-refractivity contribution < 1.29 is 9.72 Å². The molecule has 0 aliphatic heterocycles. The van der Waals surface area contributed by atoms with Crippen LogP contribution in [-0.4, -0.2) is 27.2 Å². The molecule has 120 valence electrons. The molecule has 8 nitrogen and oxygen atoms in total. The van der Waals surface area contributed by atoms with Gasteiger partial charge in [0, 0.05) is 12.1 Å². The van der Waals surface area contributed by atoms with Crippen LogP contribution in [0.25, 0.3) is 10.6 Å². The zero-order valence-corrected chi connectivity index (χ0v) is 13.0. The molecule has 1 aromatic carbocycles. The number of rotatable bonds is 5. The summed E-state index contributed by atoms with van der Waals surface area (Å²) in [4.78, 5) is 23.0. The predicted octanol–water partition coefficient (Wildman–Crippen LogP) is 2.81. The number of carbonyl (C=O) groups is 1. The number of thiophene rings is 1. The van der Waals surface area contributed by atoms with Gasteiger partial charge in [-0.1, -0.05) is 6.07 Å². The first kappa shape index (κ1) is 15.6. The van der Waals surface area contributed by atoms with E-state index in [1.54, 1.807) is 6.07 Å². The summed E-state index contributed by atoms with van der Waals surface area (Å²) in [5.41, 5.74) is 3.96. The van der Waals surface area contributed by atoms with E-state index in [1.807, 2.05) is 17.5 Å². The number of hydrogen-bond donors (Lipinski definition) is 2. The molecule has 0 atom stereocenters. The number of nitrogens with zero attached hydrogens (tertiary/aromatic N) is 3. The fraction of sp³-hybridized carbons (Fsp3) is 0. The van der Waals surface area contributed by atoms with Crippen LogP contribution in [0.5, 0.6) is 0 Å². The molecule has 9 heteroatoms. The van der Waals surface area contributed by atoms with Crippen LogP contribution in [0.3, 0.4) is 0 Å². The molecule has 0 aliphatic carbocycles. The van der Waals surface area contributed by atoms with Crippen LogP contribution in [0, 0.1) is 10.1 Å². The van der Waals surface area contributed by atoms with Crippen LogP contribution in [0.2, 0.25) is 0 Å². The first-order chi connectivity index (χ1) is 11.6. The number of nitro groups is 1. The quantitative estimate of drug-likeness (QED) is 0.422. The fourth-order valence-corrected chi connectivity index (χ4v) is 2.59. The summed E-state index contributed by atoms with van der Waals surface area (Å²) >= 11 is 1.54. The zero-order chi connectivity index (χ0) is 16.9. The van der Waals surface area contributed by atoms with Gasteiger partial charge in [-0.05, 0) is 35.2 Å². The van der Waals surface area contributed by atoms with E-state index in [0.29, 0.717) is 5.56 Å². The standard InChI is InChI=1S/C15H11N5O3S/c21-15(13-8-12(17-18-13)14-2-1-7-24-14)19-16-9-10-3-5-11(6-4-10)20(22)23/h1-9H,(H,17,18)(H,19,21). The molecule has 2 aromatic heterocycles. The lowest BCUT2D eigenvalue weighted by Crippen LogP contribution is -2.17. The van der Waals surface area contributed by atoms with Crippen molar-refractivity contribution in [2.75, 3.05) is 0 Å². The average molecular weight is 341 g/mol. The third kappa shape index (κ3) is 3.52. The summed E-state index contributed by atoms with van der Waals surface area (Å²) in [5.74, 6) is -0.452. The minimum Gasteiger partial charge on any atom is -0.276 e. The van der Waals surface area contributed by atoms with E-state index in [0.717, 1.165) is 10.6 Å². The Labute approximate surface area is 140 Å². The normalized spacial score (nSPS) is 10.8. The number of benzene rings is 1. The average Bonchev–Trinajstić information content (AvgIpc) is 3.26. The van der Waals surface area contributed by atoms with E-state index in [-0.39, 0.29) is 11.4 Å². The van der Waals surface area contributed by atoms with Crippen LogP contribution >= 0.6 is 11.3 Å². The van der Waals surface area contributed by atoms with Gasteiger partial charge in [-0.25, -0.2) is 5.43 Å². The summed E-state index contributed by atoms with van der Waals surface area (Å²) in [6, 6.07) is 11.3. The van der Waals surface area contributed by atoms with Gasteiger partial charge < -0.3 is 0 Å². The summed E-state index contributed by atoms with van der Waals surface area (Å²) in [6.45, 7) is 0. The molecular weight excluding hydrogens is 330 g/mol. The number of hydrazone groups is 1. The Morgan fingerprint density at radius 1 is 1.33 bits per heavy atom. The largest absolute Gasteiger partial charge is 0.291 e. The van der Waals surface area contributed by atoms with Crippen molar-refractivity contribution in [2.24, 2.45) is 5.10 Å². The third-order valence-corrected chi connectivity index (χ3v) is 3.98. The van der Waals surface area contributed by atoms with Crippen molar-refractivity contribution in [3.05, 3.63) is 69.2 Å². The topological polar surface area (TPSA) is 113 Å². The molecule has 3 aromatic rings. The molecule has 0 bridgehead atoms.